The van der Waals surface area contributed by atoms with Crippen LogP contribution >= 0.6 is 0 Å². The average molecular weight is 361 g/mol. The molecule has 2 rings (SSSR count). The van der Waals surface area contributed by atoms with Crippen molar-refractivity contribution in [2.75, 3.05) is 27.2 Å². The molecule has 0 aliphatic rings. The van der Waals surface area contributed by atoms with E-state index in [1.54, 1.807) is 6.07 Å². The van der Waals surface area contributed by atoms with E-state index in [2.05, 4.69) is 41.0 Å². The molecule has 0 saturated carbocycles. The number of rotatable bonds is 8. The van der Waals surface area contributed by atoms with E-state index >= 15 is 0 Å². The molecule has 144 valence electrons. The van der Waals surface area contributed by atoms with Crippen molar-refractivity contribution < 1.29 is 9.50 Å². The summed E-state index contributed by atoms with van der Waals surface area (Å²) in [6.07, 6.45) is 1.000. The number of hydrogen-bond acceptors (Lipinski definition) is 3. The molecule has 0 aromatic heterocycles. The van der Waals surface area contributed by atoms with Crippen LogP contribution in [0.4, 0.5) is 4.39 Å². The highest BCUT2D eigenvalue weighted by Gasteiger charge is 2.14. The maximum Gasteiger partial charge on any atom is 0.131 e. The highest BCUT2D eigenvalue weighted by atomic mass is 19.1. The van der Waals surface area contributed by atoms with Crippen molar-refractivity contribution in [1.82, 2.24) is 9.80 Å². The Kier molecular flexibility index (Phi) is 9.92. The second kappa shape index (κ2) is 11.7. The molecule has 4 heteroatoms. The first-order valence-corrected chi connectivity index (χ1v) is 9.41. The lowest BCUT2D eigenvalue weighted by molar-refractivity contribution is 0.221. The van der Waals surface area contributed by atoms with Crippen molar-refractivity contribution in [2.24, 2.45) is 0 Å². The number of hydrogen-bond donors (Lipinski definition) is 1. The van der Waals surface area contributed by atoms with Crippen molar-refractivity contribution >= 4 is 0 Å². The maximum atomic E-state index is 14.1. The number of aryl methyl sites for hydroxylation is 1. The monoisotopic (exact) mass is 360 g/mol. The molecule has 3 nitrogen and oxygen atoms in total. The van der Waals surface area contributed by atoms with Gasteiger partial charge in [0.2, 0.25) is 0 Å². The van der Waals surface area contributed by atoms with E-state index in [-0.39, 0.29) is 11.6 Å². The highest BCUT2D eigenvalue weighted by Crippen LogP contribution is 2.22. The Hall–Kier alpha value is -1.91. The summed E-state index contributed by atoms with van der Waals surface area (Å²) in [7, 11) is 4.05. The van der Waals surface area contributed by atoms with Gasteiger partial charge in [0, 0.05) is 31.7 Å². The zero-order chi connectivity index (χ0) is 19.5. The van der Waals surface area contributed by atoms with Crippen molar-refractivity contribution in [3.8, 4) is 5.75 Å². The second-order valence-corrected chi connectivity index (χ2v) is 6.42. The number of phenolic OH excluding ortho intramolecular Hbond substituents is 1. The number of benzene rings is 2. The largest absolute Gasteiger partial charge is 0.508 e. The van der Waals surface area contributed by atoms with E-state index in [0.29, 0.717) is 12.1 Å². The lowest BCUT2D eigenvalue weighted by atomic mass is 10.1. The zero-order valence-corrected chi connectivity index (χ0v) is 16.8. The third-order valence-electron chi connectivity index (χ3n) is 4.15. The van der Waals surface area contributed by atoms with E-state index in [0.717, 1.165) is 26.1 Å². The summed E-state index contributed by atoms with van der Waals surface area (Å²) < 4.78 is 14.1. The SMILES string of the molecule is CC.CCc1cccc(CN(CCN(C)C)Cc2c(O)cccc2F)c1. The van der Waals surface area contributed by atoms with Crippen molar-refractivity contribution in [2.45, 2.75) is 40.3 Å². The third kappa shape index (κ3) is 7.14. The summed E-state index contributed by atoms with van der Waals surface area (Å²) in [6, 6.07) is 13.0. The second-order valence-electron chi connectivity index (χ2n) is 6.42. The minimum atomic E-state index is -0.354. The number of likely N-dealkylation sites (N-methyl/N-ethyl adjacent to an activating group) is 1. The number of phenols is 1. The summed E-state index contributed by atoms with van der Waals surface area (Å²) in [4.78, 5) is 4.28. The van der Waals surface area contributed by atoms with Crippen molar-refractivity contribution in [3.63, 3.8) is 0 Å². The Balaban J connectivity index is 0.00000163. The van der Waals surface area contributed by atoms with Crippen molar-refractivity contribution in [1.29, 1.82) is 0 Å². The standard InChI is InChI=1S/C20H27FN2O.C2H6/c1-4-16-7-5-8-17(13-16)14-23(12-11-22(2)3)15-18-19(21)9-6-10-20(18)24;1-2/h5-10,13,24H,4,11-12,14-15H2,1-3H3;1-2H3. The molecule has 0 heterocycles. The average Bonchev–Trinajstić information content (AvgIpc) is 2.64. The van der Waals surface area contributed by atoms with Gasteiger partial charge >= 0.3 is 0 Å². The van der Waals surface area contributed by atoms with Gasteiger partial charge in [0.1, 0.15) is 11.6 Å². The van der Waals surface area contributed by atoms with Crippen LogP contribution in [0.1, 0.15) is 37.5 Å². The fourth-order valence-corrected chi connectivity index (χ4v) is 2.69. The van der Waals surface area contributed by atoms with Crippen LogP contribution in [0.2, 0.25) is 0 Å². The van der Waals surface area contributed by atoms with Crippen molar-refractivity contribution in [3.05, 3.63) is 65.0 Å². The minimum Gasteiger partial charge on any atom is -0.508 e. The van der Waals surface area contributed by atoms with Gasteiger partial charge in [0.05, 0.1) is 0 Å². The summed E-state index contributed by atoms with van der Waals surface area (Å²) in [6.45, 7) is 8.94. The van der Waals surface area contributed by atoms with Gasteiger partial charge in [-0.1, -0.05) is 51.1 Å². The molecule has 0 spiro atoms. The summed E-state index contributed by atoms with van der Waals surface area (Å²) in [5.41, 5.74) is 2.88. The fourth-order valence-electron chi connectivity index (χ4n) is 2.69. The number of nitrogens with zero attached hydrogens (tertiary/aromatic N) is 2. The molecule has 0 aliphatic carbocycles. The fraction of sp³-hybridized carbons (Fsp3) is 0.455. The molecule has 0 atom stereocenters. The quantitative estimate of drug-likeness (QED) is 0.740. The summed E-state index contributed by atoms with van der Waals surface area (Å²) in [5, 5.41) is 9.99. The molecule has 2 aromatic carbocycles. The predicted molar refractivity (Wildman–Crippen MR) is 108 cm³/mol. The first-order chi connectivity index (χ1) is 12.5. The van der Waals surface area contributed by atoms with Crippen LogP contribution in [0.15, 0.2) is 42.5 Å². The molecule has 0 amide bonds. The third-order valence-corrected chi connectivity index (χ3v) is 4.15. The van der Waals surface area contributed by atoms with Gasteiger partial charge in [-0.15, -0.1) is 0 Å². The van der Waals surface area contributed by atoms with E-state index in [1.165, 1.54) is 23.3 Å². The van der Waals surface area contributed by atoms with Gasteiger partial charge < -0.3 is 10.0 Å². The Bertz CT molecular complexity index is 638. The normalized spacial score (nSPS) is 10.8. The Labute approximate surface area is 158 Å². The first kappa shape index (κ1) is 22.1. The lowest BCUT2D eigenvalue weighted by Gasteiger charge is -2.25. The molecule has 26 heavy (non-hydrogen) atoms. The van der Waals surface area contributed by atoms with E-state index in [9.17, 15) is 9.50 Å². The van der Waals surface area contributed by atoms with E-state index in [1.807, 2.05) is 27.9 Å². The maximum absolute atomic E-state index is 14.1. The van der Waals surface area contributed by atoms with Crippen LogP contribution in [0.3, 0.4) is 0 Å². The Morgan fingerprint density at radius 3 is 2.19 bits per heavy atom. The molecular formula is C22H33FN2O. The van der Waals surface area contributed by atoms with Gasteiger partial charge in [0.15, 0.2) is 0 Å². The van der Waals surface area contributed by atoms with E-state index in [4.69, 9.17) is 0 Å². The van der Waals surface area contributed by atoms with Crippen LogP contribution in [0, 0.1) is 5.82 Å². The Morgan fingerprint density at radius 1 is 0.923 bits per heavy atom. The van der Waals surface area contributed by atoms with Gasteiger partial charge in [-0.2, -0.15) is 0 Å². The van der Waals surface area contributed by atoms with Gasteiger partial charge in [0.25, 0.3) is 0 Å². The Morgan fingerprint density at radius 2 is 1.58 bits per heavy atom. The molecular weight excluding hydrogens is 327 g/mol. The molecule has 0 radical (unpaired) electrons. The van der Waals surface area contributed by atoms with Crippen LogP contribution in [0.25, 0.3) is 0 Å². The molecule has 0 aliphatic heterocycles. The lowest BCUT2D eigenvalue weighted by Crippen LogP contribution is -2.31. The molecule has 0 bridgehead atoms. The molecule has 1 N–H and O–H groups in total. The molecule has 0 fully saturated rings. The smallest absolute Gasteiger partial charge is 0.131 e. The van der Waals surface area contributed by atoms with Gasteiger partial charge in [-0.05, 0) is 43.8 Å². The molecule has 2 aromatic rings. The van der Waals surface area contributed by atoms with Crippen LogP contribution < -0.4 is 0 Å². The summed E-state index contributed by atoms with van der Waals surface area (Å²) >= 11 is 0. The van der Waals surface area contributed by atoms with Gasteiger partial charge in [-0.3, -0.25) is 4.90 Å². The van der Waals surface area contributed by atoms with Crippen LogP contribution in [-0.4, -0.2) is 42.1 Å². The minimum absolute atomic E-state index is 0.0205. The molecule has 0 unspecified atom stereocenters. The highest BCUT2D eigenvalue weighted by molar-refractivity contribution is 5.33. The zero-order valence-electron chi connectivity index (χ0n) is 16.8. The first-order valence-electron chi connectivity index (χ1n) is 9.41. The number of aromatic hydroxyl groups is 1. The van der Waals surface area contributed by atoms with Crippen LogP contribution in [-0.2, 0) is 19.5 Å². The topological polar surface area (TPSA) is 26.7 Å². The predicted octanol–water partition coefficient (Wildman–Crippen LogP) is 4.68. The molecule has 0 saturated heterocycles. The van der Waals surface area contributed by atoms with Gasteiger partial charge in [-0.25, -0.2) is 4.39 Å². The number of halogens is 1. The van der Waals surface area contributed by atoms with E-state index < -0.39 is 0 Å². The van der Waals surface area contributed by atoms with Crippen LogP contribution in [0.5, 0.6) is 5.75 Å². The summed E-state index contributed by atoms with van der Waals surface area (Å²) in [5.74, 6) is -0.334.